The third-order valence-electron chi connectivity index (χ3n) is 5.89. The van der Waals surface area contributed by atoms with Gasteiger partial charge in [-0.15, -0.1) is 0 Å². The minimum atomic E-state index is -0.0191. The van der Waals surface area contributed by atoms with Crippen LogP contribution in [0.1, 0.15) is 30.3 Å². The first kappa shape index (κ1) is 20.2. The molecular formula is C23H28N4O3. The van der Waals surface area contributed by atoms with Gasteiger partial charge in [0.15, 0.2) is 11.5 Å². The minimum absolute atomic E-state index is 0.0191. The normalized spacial score (nSPS) is 16.7. The number of benzene rings is 2. The highest BCUT2D eigenvalue weighted by Gasteiger charge is 2.28. The summed E-state index contributed by atoms with van der Waals surface area (Å²) in [7, 11) is 5.26. The van der Waals surface area contributed by atoms with Crippen molar-refractivity contribution in [3.05, 3.63) is 47.8 Å². The molecule has 1 aromatic heterocycles. The number of hydrogen-bond acceptors (Lipinski definition) is 5. The number of methoxy groups -OCH3 is 2. The number of carbonyl (C=O) groups is 1. The van der Waals surface area contributed by atoms with Crippen LogP contribution in [-0.2, 0) is 11.8 Å². The molecule has 1 N–H and O–H groups in total. The summed E-state index contributed by atoms with van der Waals surface area (Å²) in [6.07, 6.45) is 2.08. The maximum absolute atomic E-state index is 12.8. The van der Waals surface area contributed by atoms with Gasteiger partial charge in [0.2, 0.25) is 5.91 Å². The lowest BCUT2D eigenvalue weighted by Gasteiger charge is -2.25. The molecule has 1 amide bonds. The van der Waals surface area contributed by atoms with Gasteiger partial charge in [-0.05, 0) is 62.2 Å². The largest absolute Gasteiger partial charge is 0.493 e. The van der Waals surface area contributed by atoms with Gasteiger partial charge in [0.25, 0.3) is 0 Å². The molecule has 30 heavy (non-hydrogen) atoms. The molecule has 4 rings (SSSR count). The van der Waals surface area contributed by atoms with Gasteiger partial charge in [0, 0.05) is 18.8 Å². The number of nitrogens with one attached hydrogen (secondary N) is 1. The minimum Gasteiger partial charge on any atom is -0.493 e. The van der Waals surface area contributed by atoms with Crippen LogP contribution in [0, 0.1) is 6.92 Å². The molecule has 0 bridgehead atoms. The molecule has 7 heteroatoms. The molecule has 1 fully saturated rings. The summed E-state index contributed by atoms with van der Waals surface area (Å²) < 4.78 is 12.8. The summed E-state index contributed by atoms with van der Waals surface area (Å²) in [4.78, 5) is 19.5. The summed E-state index contributed by atoms with van der Waals surface area (Å²) in [5.41, 5.74) is 3.85. The molecule has 7 nitrogen and oxygen atoms in total. The van der Waals surface area contributed by atoms with Gasteiger partial charge < -0.3 is 19.4 Å². The van der Waals surface area contributed by atoms with Crippen LogP contribution in [0.3, 0.4) is 0 Å². The molecule has 158 valence electrons. The first-order chi connectivity index (χ1) is 14.5. The molecule has 0 spiro atoms. The molecule has 0 radical (unpaired) electrons. The highest BCUT2D eigenvalue weighted by atomic mass is 16.5. The van der Waals surface area contributed by atoms with E-state index in [0.29, 0.717) is 18.0 Å². The van der Waals surface area contributed by atoms with E-state index in [2.05, 4.69) is 21.3 Å². The predicted octanol–water partition coefficient (Wildman–Crippen LogP) is 3.67. The Balaban J connectivity index is 1.46. The molecule has 1 saturated heterocycles. The van der Waals surface area contributed by atoms with Crippen molar-refractivity contribution in [3.63, 3.8) is 0 Å². The Labute approximate surface area is 176 Å². The fourth-order valence-electron chi connectivity index (χ4n) is 4.24. The number of likely N-dealkylation sites (tertiary alicyclic amines) is 1. The van der Waals surface area contributed by atoms with E-state index < -0.39 is 0 Å². The van der Waals surface area contributed by atoms with Crippen LogP contribution < -0.4 is 14.8 Å². The molecule has 1 atom stereocenters. The number of ether oxygens (including phenoxy) is 2. The van der Waals surface area contributed by atoms with Crippen LogP contribution in [0.15, 0.2) is 36.4 Å². The Kier molecular flexibility index (Phi) is 5.63. The van der Waals surface area contributed by atoms with Gasteiger partial charge in [0.05, 0.1) is 31.8 Å². The summed E-state index contributed by atoms with van der Waals surface area (Å²) in [5, 5.41) is 3.03. The summed E-state index contributed by atoms with van der Waals surface area (Å²) in [6, 6.07) is 12.0. The zero-order valence-electron chi connectivity index (χ0n) is 17.9. The average molecular weight is 409 g/mol. The van der Waals surface area contributed by atoms with Crippen molar-refractivity contribution in [1.82, 2.24) is 14.5 Å². The van der Waals surface area contributed by atoms with E-state index in [9.17, 15) is 4.79 Å². The number of aromatic nitrogens is 2. The van der Waals surface area contributed by atoms with Gasteiger partial charge in [-0.25, -0.2) is 4.98 Å². The van der Waals surface area contributed by atoms with E-state index in [4.69, 9.17) is 9.47 Å². The van der Waals surface area contributed by atoms with Crippen molar-refractivity contribution in [1.29, 1.82) is 0 Å². The number of hydrogen-bond donors (Lipinski definition) is 1. The smallest absolute Gasteiger partial charge is 0.238 e. The lowest BCUT2D eigenvalue weighted by Crippen LogP contribution is -2.32. The second kappa shape index (κ2) is 8.36. The first-order valence-corrected chi connectivity index (χ1v) is 10.2. The predicted molar refractivity (Wildman–Crippen MR) is 117 cm³/mol. The van der Waals surface area contributed by atoms with Crippen molar-refractivity contribution >= 4 is 22.6 Å². The van der Waals surface area contributed by atoms with E-state index in [1.807, 2.05) is 48.9 Å². The number of rotatable bonds is 6. The zero-order chi connectivity index (χ0) is 21.3. The van der Waals surface area contributed by atoms with E-state index in [0.717, 1.165) is 47.5 Å². The Hall–Kier alpha value is -3.06. The second-order valence-electron chi connectivity index (χ2n) is 7.71. The van der Waals surface area contributed by atoms with Crippen LogP contribution in [0.4, 0.5) is 5.69 Å². The van der Waals surface area contributed by atoms with Crippen LogP contribution in [-0.4, -0.2) is 47.7 Å². The maximum atomic E-state index is 12.8. The van der Waals surface area contributed by atoms with E-state index in [-0.39, 0.29) is 11.9 Å². The Morgan fingerprint density at radius 3 is 2.73 bits per heavy atom. The SMILES string of the molecule is COc1ccc(C2CCCN2CC(=O)Nc2ccc3c(c2)nc(C)n3C)cc1OC. The quantitative estimate of drug-likeness (QED) is 0.674. The molecule has 1 unspecified atom stereocenters. The maximum Gasteiger partial charge on any atom is 0.238 e. The highest BCUT2D eigenvalue weighted by molar-refractivity contribution is 5.94. The Bertz CT molecular complexity index is 1080. The zero-order valence-corrected chi connectivity index (χ0v) is 17.9. The van der Waals surface area contributed by atoms with Crippen LogP contribution >= 0.6 is 0 Å². The summed E-state index contributed by atoms with van der Waals surface area (Å²) in [6.45, 7) is 3.21. The number of fused-ring (bicyclic) bond motifs is 1. The molecule has 2 aromatic carbocycles. The van der Waals surface area contributed by atoms with E-state index in [1.165, 1.54) is 0 Å². The Morgan fingerprint density at radius 2 is 1.97 bits per heavy atom. The third-order valence-corrected chi connectivity index (χ3v) is 5.89. The van der Waals surface area contributed by atoms with Gasteiger partial charge in [-0.1, -0.05) is 6.07 Å². The van der Waals surface area contributed by atoms with Crippen LogP contribution in [0.2, 0.25) is 0 Å². The monoisotopic (exact) mass is 408 g/mol. The number of nitrogens with zero attached hydrogens (tertiary/aromatic N) is 3. The fraction of sp³-hybridized carbons (Fsp3) is 0.391. The molecular weight excluding hydrogens is 380 g/mol. The van der Waals surface area contributed by atoms with Crippen molar-refractivity contribution in [2.45, 2.75) is 25.8 Å². The topological polar surface area (TPSA) is 68.6 Å². The molecule has 3 aromatic rings. The molecule has 1 aliphatic rings. The van der Waals surface area contributed by atoms with E-state index in [1.54, 1.807) is 14.2 Å². The third kappa shape index (κ3) is 3.85. The number of carbonyl (C=O) groups excluding carboxylic acids is 1. The van der Waals surface area contributed by atoms with Crippen molar-refractivity contribution < 1.29 is 14.3 Å². The molecule has 2 heterocycles. The number of amides is 1. The molecule has 1 aliphatic heterocycles. The number of aryl methyl sites for hydroxylation is 2. The van der Waals surface area contributed by atoms with Gasteiger partial charge >= 0.3 is 0 Å². The van der Waals surface area contributed by atoms with Crippen molar-refractivity contribution in [2.75, 3.05) is 32.6 Å². The Morgan fingerprint density at radius 1 is 1.17 bits per heavy atom. The number of imidazole rings is 1. The lowest BCUT2D eigenvalue weighted by atomic mass is 10.0. The van der Waals surface area contributed by atoms with Gasteiger partial charge in [0.1, 0.15) is 5.82 Å². The number of anilines is 1. The summed E-state index contributed by atoms with van der Waals surface area (Å²) >= 11 is 0. The summed E-state index contributed by atoms with van der Waals surface area (Å²) in [5.74, 6) is 2.35. The van der Waals surface area contributed by atoms with Crippen LogP contribution in [0.5, 0.6) is 11.5 Å². The second-order valence-corrected chi connectivity index (χ2v) is 7.71. The van der Waals surface area contributed by atoms with Gasteiger partial charge in [-0.3, -0.25) is 9.69 Å². The molecule has 0 aliphatic carbocycles. The highest BCUT2D eigenvalue weighted by Crippen LogP contribution is 2.36. The first-order valence-electron chi connectivity index (χ1n) is 10.2. The molecule has 0 saturated carbocycles. The van der Waals surface area contributed by atoms with E-state index >= 15 is 0 Å². The lowest BCUT2D eigenvalue weighted by molar-refractivity contribution is -0.117. The fourth-order valence-corrected chi connectivity index (χ4v) is 4.24. The van der Waals surface area contributed by atoms with Crippen molar-refractivity contribution in [3.8, 4) is 11.5 Å². The standard InChI is InChI=1S/C23H28N4O3/c1-15-24-18-13-17(8-9-20(18)26(15)2)25-23(28)14-27-11-5-6-19(27)16-7-10-21(29-3)22(12-16)30-4/h7-10,12-13,19H,5-6,11,14H2,1-4H3,(H,25,28). The average Bonchev–Trinajstić information content (AvgIpc) is 3.31. The van der Waals surface area contributed by atoms with Crippen molar-refractivity contribution in [2.24, 2.45) is 7.05 Å². The van der Waals surface area contributed by atoms with Gasteiger partial charge in [-0.2, -0.15) is 0 Å². The van der Waals surface area contributed by atoms with Crippen LogP contribution in [0.25, 0.3) is 11.0 Å².